The Balaban J connectivity index is 1.45. The van der Waals surface area contributed by atoms with E-state index in [9.17, 15) is 9.59 Å². The van der Waals surface area contributed by atoms with Gasteiger partial charge in [0.15, 0.2) is 5.82 Å². The molecule has 0 aliphatic carbocycles. The second kappa shape index (κ2) is 9.34. The number of imidazole rings is 1. The Kier molecular flexibility index (Phi) is 6.16. The van der Waals surface area contributed by atoms with Crippen molar-refractivity contribution in [2.45, 2.75) is 20.1 Å². The van der Waals surface area contributed by atoms with Crippen LogP contribution < -0.4 is 10.1 Å². The van der Waals surface area contributed by atoms with Gasteiger partial charge in [0.25, 0.3) is 0 Å². The summed E-state index contributed by atoms with van der Waals surface area (Å²) in [6.07, 6.45) is 0. The van der Waals surface area contributed by atoms with Crippen LogP contribution in [0.1, 0.15) is 11.6 Å². The minimum Gasteiger partial charge on any atom is -0.486 e. The zero-order valence-electron chi connectivity index (χ0n) is 17.8. The number of nitrogens with zero attached hydrogens (tertiary/aromatic N) is 4. The van der Waals surface area contributed by atoms with Crippen molar-refractivity contribution in [1.29, 1.82) is 0 Å². The maximum Gasteiger partial charge on any atom is 0.245 e. The topological polar surface area (TPSA) is 102 Å². The molecule has 2 heterocycles. The van der Waals surface area contributed by atoms with Crippen LogP contribution >= 0.6 is 0 Å². The van der Waals surface area contributed by atoms with Gasteiger partial charge in [-0.05, 0) is 31.2 Å². The van der Waals surface area contributed by atoms with Crippen LogP contribution in [0.5, 0.6) is 5.75 Å². The Bertz CT molecular complexity index is 1230. The maximum atomic E-state index is 12.9. The number of aromatic nitrogens is 3. The number of ether oxygens (including phenoxy) is 1. The summed E-state index contributed by atoms with van der Waals surface area (Å²) >= 11 is 0. The van der Waals surface area contributed by atoms with Gasteiger partial charge in [-0.2, -0.15) is 0 Å². The van der Waals surface area contributed by atoms with Crippen molar-refractivity contribution in [3.8, 4) is 5.75 Å². The Hall–Kier alpha value is -4.14. The van der Waals surface area contributed by atoms with Gasteiger partial charge in [-0.1, -0.05) is 35.5 Å². The molecule has 0 saturated carbocycles. The third-order valence-electron chi connectivity index (χ3n) is 4.84. The second-order valence-electron chi connectivity index (χ2n) is 7.33. The average Bonchev–Trinajstić information content (AvgIpc) is 3.35. The van der Waals surface area contributed by atoms with Crippen LogP contribution in [0.15, 0.2) is 65.2 Å². The fourth-order valence-electron chi connectivity index (χ4n) is 3.24. The number of para-hydroxylation sites is 3. The minimum absolute atomic E-state index is 0.0286. The first-order valence-electron chi connectivity index (χ1n) is 10.1. The Morgan fingerprint density at radius 3 is 2.62 bits per heavy atom. The van der Waals surface area contributed by atoms with E-state index in [0.29, 0.717) is 23.2 Å². The van der Waals surface area contributed by atoms with Gasteiger partial charge in [0.1, 0.15) is 30.5 Å². The molecule has 9 nitrogen and oxygen atoms in total. The van der Waals surface area contributed by atoms with Crippen LogP contribution in [0.4, 0.5) is 5.82 Å². The van der Waals surface area contributed by atoms with E-state index in [1.165, 1.54) is 4.90 Å². The molecule has 0 aliphatic heterocycles. The molecule has 4 aromatic rings. The van der Waals surface area contributed by atoms with E-state index in [1.807, 2.05) is 59.2 Å². The van der Waals surface area contributed by atoms with Crippen molar-refractivity contribution in [2.24, 2.45) is 0 Å². The number of hydrogen-bond donors (Lipinski definition) is 1. The predicted molar refractivity (Wildman–Crippen MR) is 118 cm³/mol. The highest BCUT2D eigenvalue weighted by atomic mass is 16.5. The van der Waals surface area contributed by atoms with E-state index in [1.54, 1.807) is 20.0 Å². The van der Waals surface area contributed by atoms with Crippen LogP contribution in [-0.2, 0) is 22.7 Å². The van der Waals surface area contributed by atoms with Crippen LogP contribution in [0.25, 0.3) is 11.0 Å². The van der Waals surface area contributed by atoms with Crippen molar-refractivity contribution in [3.63, 3.8) is 0 Å². The van der Waals surface area contributed by atoms with Crippen LogP contribution in [0.3, 0.4) is 0 Å². The standard InChI is InChI=1S/C23H23N5O4/c1-16-12-20(26-32-16)25-22(29)13-27(2)23(30)14-28-19-11-7-6-10-18(19)24-21(28)15-31-17-8-4-3-5-9-17/h3-12H,13-15H2,1-2H3,(H,25,26,29). The summed E-state index contributed by atoms with van der Waals surface area (Å²) in [5.41, 5.74) is 1.59. The summed E-state index contributed by atoms with van der Waals surface area (Å²) in [7, 11) is 1.58. The van der Waals surface area contributed by atoms with Crippen LogP contribution in [0.2, 0.25) is 0 Å². The van der Waals surface area contributed by atoms with E-state index < -0.39 is 0 Å². The van der Waals surface area contributed by atoms with Gasteiger partial charge in [-0.15, -0.1) is 0 Å². The van der Waals surface area contributed by atoms with Gasteiger partial charge in [-0.3, -0.25) is 9.59 Å². The lowest BCUT2D eigenvalue weighted by Crippen LogP contribution is -2.37. The molecule has 1 N–H and O–H groups in total. The molecule has 0 fully saturated rings. The molecule has 9 heteroatoms. The highest BCUT2D eigenvalue weighted by Gasteiger charge is 2.19. The Morgan fingerprint density at radius 1 is 1.12 bits per heavy atom. The highest BCUT2D eigenvalue weighted by molar-refractivity contribution is 5.93. The summed E-state index contributed by atoms with van der Waals surface area (Å²) in [5.74, 6) is 1.64. The predicted octanol–water partition coefficient (Wildman–Crippen LogP) is 3.01. The molecule has 2 aromatic heterocycles. The van der Waals surface area contributed by atoms with E-state index in [-0.39, 0.29) is 31.5 Å². The Morgan fingerprint density at radius 2 is 1.88 bits per heavy atom. The first kappa shape index (κ1) is 21.1. The molecule has 0 bridgehead atoms. The summed E-state index contributed by atoms with van der Waals surface area (Å²) in [6.45, 7) is 1.85. The fourth-order valence-corrected chi connectivity index (χ4v) is 3.24. The summed E-state index contributed by atoms with van der Waals surface area (Å²) in [4.78, 5) is 31.1. The minimum atomic E-state index is -0.364. The zero-order valence-corrected chi connectivity index (χ0v) is 17.8. The number of carbonyl (C=O) groups excluding carboxylic acids is 2. The summed E-state index contributed by atoms with van der Waals surface area (Å²) in [5, 5.41) is 6.33. The number of carbonyl (C=O) groups is 2. The number of likely N-dealkylation sites (N-methyl/N-ethyl adjacent to an activating group) is 1. The number of fused-ring (bicyclic) bond motifs is 1. The van der Waals surface area contributed by atoms with Gasteiger partial charge in [0.2, 0.25) is 11.8 Å². The quantitative estimate of drug-likeness (QED) is 0.458. The summed E-state index contributed by atoms with van der Waals surface area (Å²) < 4.78 is 12.6. The third kappa shape index (κ3) is 4.94. The lowest BCUT2D eigenvalue weighted by Gasteiger charge is -2.18. The number of anilines is 1. The molecule has 0 atom stereocenters. The van der Waals surface area contributed by atoms with Gasteiger partial charge in [-0.25, -0.2) is 4.98 Å². The second-order valence-corrected chi connectivity index (χ2v) is 7.33. The van der Waals surface area contributed by atoms with Gasteiger partial charge < -0.3 is 24.0 Å². The molecule has 4 rings (SSSR count). The Labute approximate surface area is 184 Å². The highest BCUT2D eigenvalue weighted by Crippen LogP contribution is 2.18. The molecular formula is C23H23N5O4. The van der Waals surface area contributed by atoms with Gasteiger partial charge in [0, 0.05) is 13.1 Å². The molecule has 0 spiro atoms. The smallest absolute Gasteiger partial charge is 0.245 e. The monoisotopic (exact) mass is 433 g/mol. The number of amides is 2. The van der Waals surface area contributed by atoms with Crippen molar-refractivity contribution < 1.29 is 18.8 Å². The molecule has 2 aromatic carbocycles. The molecule has 0 aliphatic rings. The lowest BCUT2D eigenvalue weighted by atomic mass is 10.3. The van der Waals surface area contributed by atoms with Crippen LogP contribution in [0, 0.1) is 6.92 Å². The fraction of sp³-hybridized carbons (Fsp3) is 0.217. The van der Waals surface area contributed by atoms with Crippen molar-refractivity contribution in [1.82, 2.24) is 19.6 Å². The number of hydrogen-bond acceptors (Lipinski definition) is 6. The van der Waals surface area contributed by atoms with Gasteiger partial charge >= 0.3 is 0 Å². The first-order chi connectivity index (χ1) is 15.5. The molecule has 0 saturated heterocycles. The lowest BCUT2D eigenvalue weighted by molar-refractivity contribution is -0.133. The molecule has 0 unspecified atom stereocenters. The van der Waals surface area contributed by atoms with E-state index >= 15 is 0 Å². The maximum absolute atomic E-state index is 12.9. The van der Waals surface area contributed by atoms with E-state index in [2.05, 4.69) is 15.5 Å². The molecular weight excluding hydrogens is 410 g/mol. The van der Waals surface area contributed by atoms with E-state index in [0.717, 1.165) is 11.0 Å². The number of benzene rings is 2. The normalized spacial score (nSPS) is 10.8. The van der Waals surface area contributed by atoms with Gasteiger partial charge in [0.05, 0.1) is 17.6 Å². The largest absolute Gasteiger partial charge is 0.486 e. The molecule has 164 valence electrons. The average molecular weight is 433 g/mol. The molecule has 0 radical (unpaired) electrons. The van der Waals surface area contributed by atoms with Crippen LogP contribution in [-0.4, -0.2) is 45.0 Å². The SMILES string of the molecule is Cc1cc(NC(=O)CN(C)C(=O)Cn2c(COc3ccccc3)nc3ccccc32)no1. The number of rotatable bonds is 8. The molecule has 2 amide bonds. The number of aryl methyl sites for hydroxylation is 1. The molecule has 32 heavy (non-hydrogen) atoms. The first-order valence-corrected chi connectivity index (χ1v) is 10.1. The van der Waals surface area contributed by atoms with Crippen molar-refractivity contribution >= 4 is 28.7 Å². The third-order valence-corrected chi connectivity index (χ3v) is 4.84. The van der Waals surface area contributed by atoms with E-state index in [4.69, 9.17) is 9.26 Å². The zero-order chi connectivity index (χ0) is 22.5. The number of nitrogens with one attached hydrogen (secondary N) is 1. The van der Waals surface area contributed by atoms with Crippen molar-refractivity contribution in [3.05, 3.63) is 72.2 Å². The summed E-state index contributed by atoms with van der Waals surface area (Å²) in [6, 6.07) is 18.6. The van der Waals surface area contributed by atoms with Crippen molar-refractivity contribution in [2.75, 3.05) is 18.9 Å².